The molecule has 5 nitrogen and oxygen atoms in total. The van der Waals surface area contributed by atoms with E-state index in [4.69, 9.17) is 5.11 Å². The molecular weight excluding hydrogens is 293 g/mol. The fourth-order valence-electron chi connectivity index (χ4n) is 1.30. The number of rotatable bonds is 4. The number of carboxylic acids is 1. The lowest BCUT2D eigenvalue weighted by molar-refractivity contribution is -0.385. The van der Waals surface area contributed by atoms with Crippen molar-refractivity contribution in [1.29, 1.82) is 0 Å². The summed E-state index contributed by atoms with van der Waals surface area (Å²) >= 11 is 2.06. The Morgan fingerprint density at radius 1 is 1.42 bits per heavy atom. The number of non-ortho nitro benzene ring substituents is 1. The third-order valence-electron chi connectivity index (χ3n) is 2.14. The van der Waals surface area contributed by atoms with Gasteiger partial charge in [-0.25, -0.2) is 9.18 Å². The number of hydrogen-bond donors (Lipinski definition) is 1. The van der Waals surface area contributed by atoms with E-state index < -0.39 is 16.7 Å². The van der Waals surface area contributed by atoms with Crippen molar-refractivity contribution < 1.29 is 19.2 Å². The molecule has 1 aromatic heterocycles. The molecule has 1 aromatic carbocycles. The van der Waals surface area contributed by atoms with Crippen LogP contribution >= 0.6 is 23.1 Å². The molecule has 2 rings (SSSR count). The van der Waals surface area contributed by atoms with Gasteiger partial charge in [-0.1, -0.05) is 11.8 Å². The molecule has 8 heteroatoms. The third-order valence-corrected chi connectivity index (χ3v) is 4.23. The molecule has 0 bridgehead atoms. The lowest BCUT2D eigenvalue weighted by Crippen LogP contribution is -1.90. The van der Waals surface area contributed by atoms with Crippen LogP contribution in [0.4, 0.5) is 10.1 Å². The molecular formula is C11H6FNO4S2. The monoisotopic (exact) mass is 299 g/mol. The number of thiophene rings is 1. The highest BCUT2D eigenvalue weighted by Crippen LogP contribution is 2.34. The molecule has 0 saturated carbocycles. The van der Waals surface area contributed by atoms with E-state index in [-0.39, 0.29) is 15.5 Å². The molecule has 0 saturated heterocycles. The minimum atomic E-state index is -1.04. The largest absolute Gasteiger partial charge is 0.477 e. The average molecular weight is 299 g/mol. The highest BCUT2D eigenvalue weighted by Gasteiger charge is 2.13. The van der Waals surface area contributed by atoms with Crippen LogP contribution in [0.25, 0.3) is 0 Å². The summed E-state index contributed by atoms with van der Waals surface area (Å²) in [5, 5.41) is 20.8. The minimum Gasteiger partial charge on any atom is -0.477 e. The fourth-order valence-corrected chi connectivity index (χ4v) is 3.04. The fraction of sp³-hybridized carbons (Fsp3) is 0. The predicted octanol–water partition coefficient (Wildman–Crippen LogP) is 3.64. The van der Waals surface area contributed by atoms with E-state index in [0.717, 1.165) is 29.2 Å². The molecule has 0 unspecified atom stereocenters. The maximum atomic E-state index is 13.6. The van der Waals surface area contributed by atoms with E-state index in [0.29, 0.717) is 4.90 Å². The maximum absolute atomic E-state index is 13.6. The third kappa shape index (κ3) is 3.09. The second-order valence-corrected chi connectivity index (χ2v) is 5.45. The Balaban J connectivity index is 2.23. The summed E-state index contributed by atoms with van der Waals surface area (Å²) in [4.78, 5) is 21.4. The highest BCUT2D eigenvalue weighted by atomic mass is 32.2. The Labute approximate surface area is 114 Å². The van der Waals surface area contributed by atoms with Gasteiger partial charge in [0.1, 0.15) is 10.7 Å². The molecule has 98 valence electrons. The molecule has 0 aliphatic rings. The van der Waals surface area contributed by atoms with Crippen molar-refractivity contribution in [3.8, 4) is 0 Å². The molecule has 0 aliphatic heterocycles. The van der Waals surface area contributed by atoms with Gasteiger partial charge in [0.05, 0.1) is 11.0 Å². The van der Waals surface area contributed by atoms with E-state index in [1.165, 1.54) is 18.2 Å². The molecule has 0 amide bonds. The summed E-state index contributed by atoms with van der Waals surface area (Å²) in [7, 11) is 0. The van der Waals surface area contributed by atoms with E-state index >= 15 is 0 Å². The summed E-state index contributed by atoms with van der Waals surface area (Å²) in [6, 6.07) is 4.78. The van der Waals surface area contributed by atoms with Crippen LogP contribution < -0.4 is 0 Å². The highest BCUT2D eigenvalue weighted by molar-refractivity contribution is 7.99. The van der Waals surface area contributed by atoms with Gasteiger partial charge in [0, 0.05) is 21.2 Å². The number of nitro benzene ring substituents is 1. The van der Waals surface area contributed by atoms with E-state index in [1.807, 2.05) is 0 Å². The van der Waals surface area contributed by atoms with Crippen LogP contribution in [0.1, 0.15) is 9.67 Å². The Hall–Kier alpha value is -1.93. The molecule has 1 N–H and O–H groups in total. The van der Waals surface area contributed by atoms with Crippen LogP contribution in [0.15, 0.2) is 39.4 Å². The van der Waals surface area contributed by atoms with E-state index in [2.05, 4.69) is 0 Å². The van der Waals surface area contributed by atoms with Crippen molar-refractivity contribution in [1.82, 2.24) is 0 Å². The van der Waals surface area contributed by atoms with Gasteiger partial charge in [0.2, 0.25) is 0 Å². The van der Waals surface area contributed by atoms with Crippen molar-refractivity contribution in [2.24, 2.45) is 0 Å². The standard InChI is InChI=1S/C11H6FNO4S2/c12-8-3-6(13(16)17)1-2-9(8)19-7-4-10(11(14)15)18-5-7/h1-5H,(H,14,15). The maximum Gasteiger partial charge on any atom is 0.345 e. The molecule has 1 heterocycles. The van der Waals surface area contributed by atoms with Gasteiger partial charge in [-0.3, -0.25) is 10.1 Å². The summed E-state index contributed by atoms with van der Waals surface area (Å²) in [6.45, 7) is 0. The van der Waals surface area contributed by atoms with Crippen molar-refractivity contribution in [3.05, 3.63) is 50.5 Å². The van der Waals surface area contributed by atoms with Gasteiger partial charge < -0.3 is 5.11 Å². The minimum absolute atomic E-state index is 0.157. The summed E-state index contributed by atoms with van der Waals surface area (Å²) in [5.74, 6) is -1.75. The SMILES string of the molecule is O=C(O)c1cc(Sc2ccc([N+](=O)[O-])cc2F)cs1. The number of halogens is 1. The first-order valence-electron chi connectivity index (χ1n) is 4.91. The molecule has 19 heavy (non-hydrogen) atoms. The van der Waals surface area contributed by atoms with Crippen LogP contribution in [0.5, 0.6) is 0 Å². The first-order valence-corrected chi connectivity index (χ1v) is 6.60. The van der Waals surface area contributed by atoms with Gasteiger partial charge in [0.25, 0.3) is 5.69 Å². The van der Waals surface area contributed by atoms with Crippen molar-refractivity contribution in [2.75, 3.05) is 0 Å². The van der Waals surface area contributed by atoms with Crippen LogP contribution in [0.2, 0.25) is 0 Å². The Morgan fingerprint density at radius 2 is 2.16 bits per heavy atom. The first kappa shape index (κ1) is 13.5. The quantitative estimate of drug-likeness (QED) is 0.688. The topological polar surface area (TPSA) is 80.4 Å². The number of aromatic carboxylic acids is 1. The summed E-state index contributed by atoms with van der Waals surface area (Å²) < 4.78 is 13.6. The number of nitro groups is 1. The molecule has 0 spiro atoms. The average Bonchev–Trinajstić information content (AvgIpc) is 2.80. The Bertz CT molecular complexity index is 656. The van der Waals surface area contributed by atoms with Crippen molar-refractivity contribution in [2.45, 2.75) is 9.79 Å². The smallest absolute Gasteiger partial charge is 0.345 e. The predicted molar refractivity (Wildman–Crippen MR) is 68.5 cm³/mol. The second-order valence-electron chi connectivity index (χ2n) is 3.43. The van der Waals surface area contributed by atoms with Crippen molar-refractivity contribution in [3.63, 3.8) is 0 Å². The zero-order chi connectivity index (χ0) is 14.0. The van der Waals surface area contributed by atoms with Crippen molar-refractivity contribution >= 4 is 34.8 Å². The molecule has 0 radical (unpaired) electrons. The number of benzene rings is 1. The Kier molecular flexibility index (Phi) is 3.82. The second kappa shape index (κ2) is 5.37. The van der Waals surface area contributed by atoms with Gasteiger partial charge in [-0.15, -0.1) is 11.3 Å². The molecule has 0 aliphatic carbocycles. The van der Waals surface area contributed by atoms with Gasteiger partial charge in [-0.05, 0) is 12.1 Å². The van der Waals surface area contributed by atoms with E-state index in [9.17, 15) is 19.3 Å². The van der Waals surface area contributed by atoms with Crippen LogP contribution in [-0.2, 0) is 0 Å². The summed E-state index contributed by atoms with van der Waals surface area (Å²) in [5.41, 5.74) is -0.321. The number of hydrogen-bond acceptors (Lipinski definition) is 5. The van der Waals surface area contributed by atoms with Gasteiger partial charge in [0.15, 0.2) is 0 Å². The lowest BCUT2D eigenvalue weighted by Gasteiger charge is -2.00. The van der Waals surface area contributed by atoms with Crippen LogP contribution in [0.3, 0.4) is 0 Å². The number of carbonyl (C=O) groups is 1. The van der Waals surface area contributed by atoms with Gasteiger partial charge >= 0.3 is 5.97 Å². The van der Waals surface area contributed by atoms with E-state index in [1.54, 1.807) is 5.38 Å². The lowest BCUT2D eigenvalue weighted by atomic mass is 10.3. The first-order chi connectivity index (χ1) is 8.97. The summed E-state index contributed by atoms with van der Waals surface area (Å²) in [6.07, 6.45) is 0. The number of carboxylic acid groups (broad SMARTS) is 1. The molecule has 2 aromatic rings. The zero-order valence-corrected chi connectivity index (χ0v) is 10.8. The van der Waals surface area contributed by atoms with Gasteiger partial charge in [-0.2, -0.15) is 0 Å². The van der Waals surface area contributed by atoms with Crippen LogP contribution in [0, 0.1) is 15.9 Å². The molecule has 0 fully saturated rings. The zero-order valence-electron chi connectivity index (χ0n) is 9.20. The normalized spacial score (nSPS) is 10.4. The van der Waals surface area contributed by atoms with Crippen LogP contribution in [-0.4, -0.2) is 16.0 Å². The number of nitrogens with zero attached hydrogens (tertiary/aromatic N) is 1. The Morgan fingerprint density at radius 3 is 2.68 bits per heavy atom. The molecule has 0 atom stereocenters.